The lowest BCUT2D eigenvalue weighted by atomic mass is 9.54. The van der Waals surface area contributed by atoms with E-state index in [1.807, 2.05) is 11.8 Å². The zero-order valence-corrected chi connectivity index (χ0v) is 14.4. The number of piperidine rings is 1. The largest absolute Gasteiger partial charge is 0.378 e. The number of carbonyl (C=O) groups is 1. The third-order valence-electron chi connectivity index (χ3n) is 6.13. The standard InChI is InChI=1S/C17H32N2O2/c1-6-16(5)9-8-10-19(12-16)14(20)17(18)11-13(21-7-2)15(17,3)4/h13H,6-12,18H2,1-5H3. The number of nitrogens with two attached hydrogens (primary N) is 1. The van der Waals surface area contributed by atoms with Crippen LogP contribution in [0.2, 0.25) is 0 Å². The van der Waals surface area contributed by atoms with Gasteiger partial charge in [-0.15, -0.1) is 0 Å². The molecule has 4 heteroatoms. The highest BCUT2D eigenvalue weighted by Crippen LogP contribution is 2.51. The first-order valence-corrected chi connectivity index (χ1v) is 8.40. The Morgan fingerprint density at radius 2 is 2.00 bits per heavy atom. The molecule has 1 aliphatic carbocycles. The Morgan fingerprint density at radius 1 is 1.33 bits per heavy atom. The summed E-state index contributed by atoms with van der Waals surface area (Å²) >= 11 is 0. The lowest BCUT2D eigenvalue weighted by molar-refractivity contribution is -0.181. The van der Waals surface area contributed by atoms with Crippen molar-refractivity contribution in [2.75, 3.05) is 19.7 Å². The highest BCUT2D eigenvalue weighted by Gasteiger charge is 2.64. The molecule has 4 nitrogen and oxygen atoms in total. The van der Waals surface area contributed by atoms with Crippen LogP contribution in [0.15, 0.2) is 0 Å². The fourth-order valence-electron chi connectivity index (χ4n) is 3.86. The summed E-state index contributed by atoms with van der Waals surface area (Å²) in [5.74, 6) is 0.128. The van der Waals surface area contributed by atoms with Crippen LogP contribution in [0, 0.1) is 10.8 Å². The zero-order valence-electron chi connectivity index (χ0n) is 14.4. The molecule has 2 fully saturated rings. The fourth-order valence-corrected chi connectivity index (χ4v) is 3.86. The predicted molar refractivity (Wildman–Crippen MR) is 84.9 cm³/mol. The van der Waals surface area contributed by atoms with Gasteiger partial charge in [-0.3, -0.25) is 4.79 Å². The number of nitrogens with zero attached hydrogens (tertiary/aromatic N) is 1. The van der Waals surface area contributed by atoms with E-state index < -0.39 is 5.54 Å². The molecule has 0 aromatic carbocycles. The maximum Gasteiger partial charge on any atom is 0.243 e. The Balaban J connectivity index is 2.10. The molecular weight excluding hydrogens is 264 g/mol. The topological polar surface area (TPSA) is 55.6 Å². The van der Waals surface area contributed by atoms with Crippen LogP contribution in [0.5, 0.6) is 0 Å². The number of rotatable bonds is 4. The summed E-state index contributed by atoms with van der Waals surface area (Å²) in [5, 5.41) is 0. The third kappa shape index (κ3) is 2.61. The molecule has 122 valence electrons. The van der Waals surface area contributed by atoms with Crippen molar-refractivity contribution in [1.82, 2.24) is 4.90 Å². The summed E-state index contributed by atoms with van der Waals surface area (Å²) in [6.45, 7) is 13.0. The van der Waals surface area contributed by atoms with Crippen LogP contribution in [-0.2, 0) is 9.53 Å². The Bertz CT molecular complexity index is 410. The van der Waals surface area contributed by atoms with Gasteiger partial charge in [-0.2, -0.15) is 0 Å². The fraction of sp³-hybridized carbons (Fsp3) is 0.941. The van der Waals surface area contributed by atoms with Gasteiger partial charge in [0.15, 0.2) is 0 Å². The second-order valence-electron chi connectivity index (χ2n) is 7.84. The van der Waals surface area contributed by atoms with Gasteiger partial charge in [0, 0.05) is 31.5 Å². The van der Waals surface area contributed by atoms with Gasteiger partial charge < -0.3 is 15.4 Å². The summed E-state index contributed by atoms with van der Waals surface area (Å²) in [7, 11) is 0. The van der Waals surface area contributed by atoms with Crippen molar-refractivity contribution >= 4 is 5.91 Å². The minimum Gasteiger partial charge on any atom is -0.378 e. The van der Waals surface area contributed by atoms with Gasteiger partial charge in [0.2, 0.25) is 5.91 Å². The number of likely N-dealkylation sites (tertiary alicyclic amines) is 1. The Kier molecular flexibility index (Phi) is 4.42. The van der Waals surface area contributed by atoms with E-state index >= 15 is 0 Å². The molecule has 3 atom stereocenters. The molecule has 1 heterocycles. The van der Waals surface area contributed by atoms with Crippen LogP contribution in [0.3, 0.4) is 0 Å². The number of hydrogen-bond acceptors (Lipinski definition) is 3. The molecule has 1 saturated carbocycles. The summed E-state index contributed by atoms with van der Waals surface area (Å²) < 4.78 is 5.74. The first-order chi connectivity index (χ1) is 9.70. The van der Waals surface area contributed by atoms with E-state index in [0.29, 0.717) is 13.0 Å². The highest BCUT2D eigenvalue weighted by atomic mass is 16.5. The van der Waals surface area contributed by atoms with Crippen LogP contribution < -0.4 is 5.73 Å². The average molecular weight is 296 g/mol. The number of hydrogen-bond donors (Lipinski definition) is 1. The lowest BCUT2D eigenvalue weighted by Gasteiger charge is -2.59. The molecule has 1 aliphatic heterocycles. The quantitative estimate of drug-likeness (QED) is 0.867. The van der Waals surface area contributed by atoms with Crippen LogP contribution in [0.25, 0.3) is 0 Å². The molecule has 0 aromatic rings. The number of carbonyl (C=O) groups excluding carboxylic acids is 1. The van der Waals surface area contributed by atoms with Crippen molar-refractivity contribution in [3.8, 4) is 0 Å². The number of ether oxygens (including phenoxy) is 1. The van der Waals surface area contributed by atoms with E-state index in [2.05, 4.69) is 27.7 Å². The maximum absolute atomic E-state index is 13.0. The van der Waals surface area contributed by atoms with Crippen LogP contribution >= 0.6 is 0 Å². The molecule has 2 N–H and O–H groups in total. The molecule has 2 aliphatic rings. The summed E-state index contributed by atoms with van der Waals surface area (Å²) in [6.07, 6.45) is 4.14. The van der Waals surface area contributed by atoms with Crippen molar-refractivity contribution in [1.29, 1.82) is 0 Å². The molecule has 2 rings (SSSR count). The highest BCUT2D eigenvalue weighted by molar-refractivity contribution is 5.89. The van der Waals surface area contributed by atoms with Gasteiger partial charge in [-0.25, -0.2) is 0 Å². The zero-order chi connectivity index (χ0) is 15.9. The van der Waals surface area contributed by atoms with Gasteiger partial charge in [0.05, 0.1) is 6.10 Å². The van der Waals surface area contributed by atoms with Gasteiger partial charge in [-0.05, 0) is 31.6 Å². The van der Waals surface area contributed by atoms with Gasteiger partial charge in [0.1, 0.15) is 5.54 Å². The minimum atomic E-state index is -0.765. The second-order valence-corrected chi connectivity index (χ2v) is 7.84. The normalized spacial score (nSPS) is 39.0. The molecule has 1 saturated heterocycles. The Morgan fingerprint density at radius 3 is 2.52 bits per heavy atom. The molecule has 21 heavy (non-hydrogen) atoms. The monoisotopic (exact) mass is 296 g/mol. The smallest absolute Gasteiger partial charge is 0.243 e. The van der Waals surface area contributed by atoms with Crippen molar-refractivity contribution in [2.45, 2.75) is 71.9 Å². The molecule has 0 bridgehead atoms. The van der Waals surface area contributed by atoms with Crippen LogP contribution in [0.1, 0.15) is 60.3 Å². The Labute approximate surface area is 129 Å². The average Bonchev–Trinajstić information content (AvgIpc) is 2.46. The first-order valence-electron chi connectivity index (χ1n) is 8.40. The van der Waals surface area contributed by atoms with Crippen LogP contribution in [0.4, 0.5) is 0 Å². The maximum atomic E-state index is 13.0. The van der Waals surface area contributed by atoms with Crippen molar-refractivity contribution in [3.05, 3.63) is 0 Å². The third-order valence-corrected chi connectivity index (χ3v) is 6.13. The molecule has 0 radical (unpaired) electrons. The summed E-state index contributed by atoms with van der Waals surface area (Å²) in [6, 6.07) is 0. The van der Waals surface area contributed by atoms with E-state index in [0.717, 1.165) is 25.9 Å². The first kappa shape index (κ1) is 16.8. The second kappa shape index (κ2) is 5.54. The SMILES string of the molecule is CCOC1CC(N)(C(=O)N2CCCC(C)(CC)C2)C1(C)C. The van der Waals surface area contributed by atoms with E-state index in [9.17, 15) is 4.79 Å². The van der Waals surface area contributed by atoms with E-state index in [-0.39, 0.29) is 22.8 Å². The Hall–Kier alpha value is -0.610. The number of amides is 1. The van der Waals surface area contributed by atoms with E-state index in [1.165, 1.54) is 6.42 Å². The van der Waals surface area contributed by atoms with Crippen molar-refractivity contribution < 1.29 is 9.53 Å². The van der Waals surface area contributed by atoms with E-state index in [1.54, 1.807) is 0 Å². The molecule has 1 amide bonds. The summed E-state index contributed by atoms with van der Waals surface area (Å²) in [5.41, 5.74) is 5.73. The molecule has 3 unspecified atom stereocenters. The van der Waals surface area contributed by atoms with Gasteiger partial charge in [0.25, 0.3) is 0 Å². The van der Waals surface area contributed by atoms with Gasteiger partial charge >= 0.3 is 0 Å². The van der Waals surface area contributed by atoms with Crippen molar-refractivity contribution in [2.24, 2.45) is 16.6 Å². The molecule has 0 spiro atoms. The van der Waals surface area contributed by atoms with E-state index in [4.69, 9.17) is 10.5 Å². The molecular formula is C17H32N2O2. The van der Waals surface area contributed by atoms with Crippen LogP contribution in [-0.4, -0.2) is 42.1 Å². The van der Waals surface area contributed by atoms with Crippen molar-refractivity contribution in [3.63, 3.8) is 0 Å². The summed E-state index contributed by atoms with van der Waals surface area (Å²) in [4.78, 5) is 15.0. The predicted octanol–water partition coefficient (Wildman–Crippen LogP) is 2.56. The van der Waals surface area contributed by atoms with Gasteiger partial charge in [-0.1, -0.05) is 27.7 Å². The molecule has 0 aromatic heterocycles. The lowest BCUT2D eigenvalue weighted by Crippen LogP contribution is -2.76. The minimum absolute atomic E-state index is 0.0961.